The molecule has 1 aliphatic rings. The minimum atomic E-state index is 0. The van der Waals surface area contributed by atoms with Gasteiger partial charge in [0.15, 0.2) is 5.96 Å². The number of morpholine rings is 1. The van der Waals surface area contributed by atoms with Crippen LogP contribution in [-0.4, -0.2) is 78.1 Å². The third-order valence-corrected chi connectivity index (χ3v) is 5.53. The van der Waals surface area contributed by atoms with Gasteiger partial charge in [-0.3, -0.25) is 9.89 Å². The third-order valence-electron chi connectivity index (χ3n) is 5.28. The van der Waals surface area contributed by atoms with Gasteiger partial charge in [0.1, 0.15) is 12.2 Å². The summed E-state index contributed by atoms with van der Waals surface area (Å²) < 4.78 is 7.50. The molecule has 1 aromatic carbocycles. The van der Waals surface area contributed by atoms with E-state index in [0.717, 1.165) is 95.1 Å². The number of hydrogen-bond acceptors (Lipinski definition) is 5. The zero-order chi connectivity index (χ0) is 21.7. The van der Waals surface area contributed by atoms with Crippen LogP contribution >= 0.6 is 35.6 Å². The van der Waals surface area contributed by atoms with E-state index in [9.17, 15) is 0 Å². The Bertz CT molecular complexity index is 794. The van der Waals surface area contributed by atoms with E-state index in [1.165, 1.54) is 5.56 Å². The standard InChI is InChI=1S/C22H34ClN7O.HI/c1-2-21-28-27-18-30(21)13-11-26-22(24-9-3-12-29-14-16-31-17-15-29)25-10-8-19-4-6-20(23)7-5-19;/h4-7,18H,2-3,8-17H2,1H3,(H2,24,25,26);1H. The maximum absolute atomic E-state index is 5.98. The zero-order valence-electron chi connectivity index (χ0n) is 18.8. The molecular weight excluding hydrogens is 541 g/mol. The summed E-state index contributed by atoms with van der Waals surface area (Å²) in [4.78, 5) is 7.23. The second-order valence-electron chi connectivity index (χ2n) is 7.56. The highest BCUT2D eigenvalue weighted by Gasteiger charge is 2.09. The Morgan fingerprint density at radius 1 is 1.12 bits per heavy atom. The van der Waals surface area contributed by atoms with Crippen molar-refractivity contribution in [3.05, 3.63) is 47.0 Å². The maximum atomic E-state index is 5.98. The Labute approximate surface area is 213 Å². The summed E-state index contributed by atoms with van der Waals surface area (Å²) in [6.07, 6.45) is 4.61. The van der Waals surface area contributed by atoms with Crippen LogP contribution in [0.5, 0.6) is 0 Å². The normalized spacial score (nSPS) is 14.8. The molecule has 178 valence electrons. The van der Waals surface area contributed by atoms with E-state index in [4.69, 9.17) is 21.3 Å². The van der Waals surface area contributed by atoms with Gasteiger partial charge in [-0.25, -0.2) is 0 Å². The monoisotopic (exact) mass is 575 g/mol. The Kier molecular flexibility index (Phi) is 12.9. The van der Waals surface area contributed by atoms with Crippen LogP contribution in [0.1, 0.15) is 24.7 Å². The minimum Gasteiger partial charge on any atom is -0.379 e. The lowest BCUT2D eigenvalue weighted by Crippen LogP contribution is -2.40. The number of guanidine groups is 1. The number of nitrogens with one attached hydrogen (secondary N) is 2. The Hall–Kier alpha value is -1.43. The lowest BCUT2D eigenvalue weighted by Gasteiger charge is -2.26. The molecular formula is C22H35ClIN7O. The summed E-state index contributed by atoms with van der Waals surface area (Å²) >= 11 is 5.98. The number of ether oxygens (including phenoxy) is 1. The molecule has 0 atom stereocenters. The summed E-state index contributed by atoms with van der Waals surface area (Å²) in [7, 11) is 0. The molecule has 0 spiro atoms. The Balaban J connectivity index is 0.00000363. The molecule has 1 saturated heterocycles. The second kappa shape index (κ2) is 15.4. The molecule has 0 radical (unpaired) electrons. The van der Waals surface area contributed by atoms with E-state index in [1.54, 1.807) is 6.33 Å². The highest BCUT2D eigenvalue weighted by molar-refractivity contribution is 14.0. The van der Waals surface area contributed by atoms with Crippen LogP contribution in [0.15, 0.2) is 35.6 Å². The summed E-state index contributed by atoms with van der Waals surface area (Å²) in [5.74, 6) is 1.85. The van der Waals surface area contributed by atoms with Gasteiger partial charge in [0.25, 0.3) is 0 Å². The third kappa shape index (κ3) is 9.60. The fourth-order valence-corrected chi connectivity index (χ4v) is 3.62. The van der Waals surface area contributed by atoms with Gasteiger partial charge in [0.2, 0.25) is 0 Å². The predicted octanol–water partition coefficient (Wildman–Crippen LogP) is 2.61. The molecule has 1 aliphatic heterocycles. The molecule has 32 heavy (non-hydrogen) atoms. The van der Waals surface area contributed by atoms with Crippen molar-refractivity contribution in [3.63, 3.8) is 0 Å². The zero-order valence-corrected chi connectivity index (χ0v) is 21.9. The van der Waals surface area contributed by atoms with Gasteiger partial charge in [-0.15, -0.1) is 34.2 Å². The SMILES string of the molecule is CCc1nncn1CCNC(=NCCCN1CCOCC1)NCCc1ccc(Cl)cc1.I. The molecule has 1 fully saturated rings. The van der Waals surface area contributed by atoms with Gasteiger partial charge in [-0.2, -0.15) is 0 Å². The number of aryl methyl sites for hydroxylation is 1. The second-order valence-corrected chi connectivity index (χ2v) is 8.00. The van der Waals surface area contributed by atoms with Crippen LogP contribution in [0.4, 0.5) is 0 Å². The van der Waals surface area contributed by atoms with Crippen molar-refractivity contribution < 1.29 is 4.74 Å². The van der Waals surface area contributed by atoms with E-state index in [0.29, 0.717) is 0 Å². The van der Waals surface area contributed by atoms with Gasteiger partial charge < -0.3 is 19.9 Å². The van der Waals surface area contributed by atoms with Gasteiger partial charge in [-0.1, -0.05) is 30.7 Å². The summed E-state index contributed by atoms with van der Waals surface area (Å²) in [5, 5.41) is 15.8. The molecule has 0 unspecified atom stereocenters. The number of hydrogen-bond donors (Lipinski definition) is 2. The predicted molar refractivity (Wildman–Crippen MR) is 140 cm³/mol. The Morgan fingerprint density at radius 3 is 2.62 bits per heavy atom. The van der Waals surface area contributed by atoms with Crippen LogP contribution in [0.2, 0.25) is 5.02 Å². The van der Waals surface area contributed by atoms with Gasteiger partial charge >= 0.3 is 0 Å². The first kappa shape index (κ1) is 26.8. The first-order valence-electron chi connectivity index (χ1n) is 11.2. The molecule has 0 amide bonds. The van der Waals surface area contributed by atoms with Crippen molar-refractivity contribution in [1.82, 2.24) is 30.3 Å². The van der Waals surface area contributed by atoms with Crippen LogP contribution in [0, 0.1) is 0 Å². The fraction of sp³-hybridized carbons (Fsp3) is 0.591. The highest BCUT2D eigenvalue weighted by Crippen LogP contribution is 2.09. The summed E-state index contributed by atoms with van der Waals surface area (Å²) in [6, 6.07) is 7.99. The molecule has 1 aromatic heterocycles. The van der Waals surface area contributed by atoms with Crippen molar-refractivity contribution in [2.24, 2.45) is 4.99 Å². The van der Waals surface area contributed by atoms with E-state index < -0.39 is 0 Å². The van der Waals surface area contributed by atoms with Crippen LogP contribution < -0.4 is 10.6 Å². The smallest absolute Gasteiger partial charge is 0.191 e. The van der Waals surface area contributed by atoms with Gasteiger partial charge in [0, 0.05) is 57.3 Å². The molecule has 0 bridgehead atoms. The van der Waals surface area contributed by atoms with Crippen LogP contribution in [0.25, 0.3) is 0 Å². The molecule has 0 saturated carbocycles. The van der Waals surface area contributed by atoms with E-state index in [1.807, 2.05) is 12.1 Å². The average molecular weight is 576 g/mol. The minimum absolute atomic E-state index is 0. The number of aliphatic imine (C=N–C) groups is 1. The largest absolute Gasteiger partial charge is 0.379 e. The average Bonchev–Trinajstić information content (AvgIpc) is 3.26. The highest BCUT2D eigenvalue weighted by atomic mass is 127. The first-order valence-corrected chi connectivity index (χ1v) is 11.6. The van der Waals surface area contributed by atoms with Crippen molar-refractivity contribution in [2.45, 2.75) is 32.7 Å². The van der Waals surface area contributed by atoms with Crippen molar-refractivity contribution in [3.8, 4) is 0 Å². The summed E-state index contributed by atoms with van der Waals surface area (Å²) in [6.45, 7) is 10.0. The van der Waals surface area contributed by atoms with E-state index in [2.05, 4.69) is 49.4 Å². The number of nitrogens with zero attached hydrogens (tertiary/aromatic N) is 5. The van der Waals surface area contributed by atoms with Crippen molar-refractivity contribution >= 4 is 41.5 Å². The number of rotatable bonds is 11. The molecule has 0 aliphatic carbocycles. The molecule has 2 heterocycles. The summed E-state index contributed by atoms with van der Waals surface area (Å²) in [5.41, 5.74) is 1.25. The lowest BCUT2D eigenvalue weighted by molar-refractivity contribution is 0.0377. The van der Waals surface area contributed by atoms with Crippen LogP contribution in [0.3, 0.4) is 0 Å². The molecule has 3 rings (SSSR count). The number of aromatic nitrogens is 3. The fourth-order valence-electron chi connectivity index (χ4n) is 3.49. The number of benzene rings is 1. The lowest BCUT2D eigenvalue weighted by atomic mass is 10.1. The van der Waals surface area contributed by atoms with Crippen molar-refractivity contribution in [1.29, 1.82) is 0 Å². The molecule has 8 nitrogen and oxygen atoms in total. The van der Waals surface area contributed by atoms with Crippen LogP contribution in [-0.2, 0) is 24.1 Å². The molecule has 2 N–H and O–H groups in total. The van der Waals surface area contributed by atoms with E-state index in [-0.39, 0.29) is 24.0 Å². The molecule has 2 aromatic rings. The molecule has 10 heteroatoms. The first-order chi connectivity index (χ1) is 15.2. The van der Waals surface area contributed by atoms with Gasteiger partial charge in [0.05, 0.1) is 13.2 Å². The topological polar surface area (TPSA) is 79.6 Å². The quantitative estimate of drug-likeness (QED) is 0.186. The van der Waals surface area contributed by atoms with Crippen molar-refractivity contribution in [2.75, 3.05) is 52.5 Å². The van der Waals surface area contributed by atoms with E-state index >= 15 is 0 Å². The maximum Gasteiger partial charge on any atom is 0.191 e. The Morgan fingerprint density at radius 2 is 1.88 bits per heavy atom. The number of halogens is 2. The van der Waals surface area contributed by atoms with Gasteiger partial charge in [-0.05, 0) is 30.5 Å².